The van der Waals surface area contributed by atoms with E-state index in [4.69, 9.17) is 14.4 Å². The Balaban J connectivity index is 2.14. The van der Waals surface area contributed by atoms with Crippen LogP contribution in [-0.4, -0.2) is 16.2 Å². The van der Waals surface area contributed by atoms with Crippen LogP contribution < -0.4 is 4.74 Å². The fourth-order valence-corrected chi connectivity index (χ4v) is 1.77. The summed E-state index contributed by atoms with van der Waals surface area (Å²) in [7, 11) is 0. The lowest BCUT2D eigenvalue weighted by molar-refractivity contribution is 0.0685. The fourth-order valence-electron chi connectivity index (χ4n) is 1.77. The summed E-state index contributed by atoms with van der Waals surface area (Å²) >= 11 is 0. The highest BCUT2D eigenvalue weighted by atomic mass is 16.5. The number of hydrogen-bond acceptors (Lipinski definition) is 4. The normalized spacial score (nSPS) is 10.5. The monoisotopic (exact) mass is 261 g/mol. The average Bonchev–Trinajstić information content (AvgIpc) is 2.83. The lowest BCUT2D eigenvalue weighted by atomic mass is 10.1. The van der Waals surface area contributed by atoms with Crippen molar-refractivity contribution in [3.63, 3.8) is 0 Å². The second-order valence-electron chi connectivity index (χ2n) is 4.43. The van der Waals surface area contributed by atoms with Crippen molar-refractivity contribution in [1.29, 1.82) is 0 Å². The van der Waals surface area contributed by atoms with Crippen LogP contribution in [0, 0.1) is 20.8 Å². The molecule has 5 heteroatoms. The summed E-state index contributed by atoms with van der Waals surface area (Å²) in [5.74, 6) is 0.0731. The average molecular weight is 261 g/mol. The molecule has 0 aliphatic rings. The van der Waals surface area contributed by atoms with Gasteiger partial charge in [-0.3, -0.25) is 0 Å². The third-order valence-electron chi connectivity index (χ3n) is 3.01. The first-order chi connectivity index (χ1) is 8.99. The van der Waals surface area contributed by atoms with Crippen molar-refractivity contribution in [2.24, 2.45) is 0 Å². The molecule has 1 heterocycles. The summed E-state index contributed by atoms with van der Waals surface area (Å²) in [6, 6.07) is 5.39. The predicted molar refractivity (Wildman–Crippen MR) is 68.4 cm³/mol. The number of ether oxygens (including phenoxy) is 1. The van der Waals surface area contributed by atoms with Crippen LogP contribution in [0.1, 0.15) is 32.9 Å². The van der Waals surface area contributed by atoms with Crippen molar-refractivity contribution >= 4 is 5.97 Å². The minimum Gasteiger partial charge on any atom is -0.485 e. The third kappa shape index (κ3) is 2.76. The number of aromatic nitrogens is 1. The number of carboxylic acids is 1. The van der Waals surface area contributed by atoms with Gasteiger partial charge in [0.05, 0.1) is 0 Å². The van der Waals surface area contributed by atoms with Gasteiger partial charge in [-0.2, -0.15) is 0 Å². The van der Waals surface area contributed by atoms with Gasteiger partial charge >= 0.3 is 5.97 Å². The predicted octanol–water partition coefficient (Wildman–Crippen LogP) is 2.88. The Hall–Kier alpha value is -2.30. The van der Waals surface area contributed by atoms with Crippen LogP contribution in [0.15, 0.2) is 22.7 Å². The Labute approximate surface area is 110 Å². The number of carboxylic acid groups (broad SMARTS) is 1. The smallest absolute Gasteiger partial charge is 0.358 e. The summed E-state index contributed by atoms with van der Waals surface area (Å²) in [4.78, 5) is 10.7. The number of hydrogen-bond donors (Lipinski definition) is 1. The molecule has 100 valence electrons. The van der Waals surface area contributed by atoms with Gasteiger partial charge in [0, 0.05) is 6.07 Å². The molecular formula is C14H15NO4. The number of nitrogens with zero attached hydrogens (tertiary/aromatic N) is 1. The van der Waals surface area contributed by atoms with E-state index in [1.165, 1.54) is 6.07 Å². The number of aromatic carboxylic acids is 1. The number of rotatable bonds is 4. The number of aryl methyl sites for hydroxylation is 2. The van der Waals surface area contributed by atoms with Crippen LogP contribution in [0.4, 0.5) is 0 Å². The third-order valence-corrected chi connectivity index (χ3v) is 3.01. The highest BCUT2D eigenvalue weighted by molar-refractivity contribution is 5.85. The Morgan fingerprint density at radius 1 is 1.32 bits per heavy atom. The second kappa shape index (κ2) is 5.14. The van der Waals surface area contributed by atoms with E-state index in [0.717, 1.165) is 22.4 Å². The molecule has 0 spiro atoms. The first-order valence-corrected chi connectivity index (χ1v) is 5.87. The van der Waals surface area contributed by atoms with E-state index in [-0.39, 0.29) is 12.3 Å². The topological polar surface area (TPSA) is 72.6 Å². The Bertz CT molecular complexity index is 616. The molecule has 1 aromatic carbocycles. The molecule has 1 N–H and O–H groups in total. The Kier molecular flexibility index (Phi) is 3.55. The van der Waals surface area contributed by atoms with Gasteiger partial charge in [-0.1, -0.05) is 17.3 Å². The van der Waals surface area contributed by atoms with Crippen LogP contribution in [0.5, 0.6) is 5.75 Å². The lowest BCUT2D eigenvalue weighted by Gasteiger charge is -2.12. The minimum absolute atomic E-state index is 0.115. The van der Waals surface area contributed by atoms with Crippen molar-refractivity contribution in [1.82, 2.24) is 5.16 Å². The molecule has 19 heavy (non-hydrogen) atoms. The highest BCUT2D eigenvalue weighted by Gasteiger charge is 2.12. The van der Waals surface area contributed by atoms with Crippen LogP contribution in [0.25, 0.3) is 0 Å². The Morgan fingerprint density at radius 3 is 2.63 bits per heavy atom. The molecule has 0 radical (unpaired) electrons. The molecule has 2 rings (SSSR count). The van der Waals surface area contributed by atoms with E-state index in [1.54, 1.807) is 0 Å². The molecular weight excluding hydrogens is 246 g/mol. The van der Waals surface area contributed by atoms with Crippen LogP contribution in [0.3, 0.4) is 0 Å². The SMILES string of the molecule is Cc1ccc(C)c(OCc2cc(C(=O)O)no2)c1C. The maximum Gasteiger partial charge on any atom is 0.358 e. The minimum atomic E-state index is -1.11. The van der Waals surface area contributed by atoms with E-state index in [0.29, 0.717) is 5.76 Å². The van der Waals surface area contributed by atoms with Gasteiger partial charge in [-0.25, -0.2) is 4.79 Å². The highest BCUT2D eigenvalue weighted by Crippen LogP contribution is 2.26. The van der Waals surface area contributed by atoms with Crippen LogP contribution in [0.2, 0.25) is 0 Å². The molecule has 0 fully saturated rings. The maximum absolute atomic E-state index is 10.7. The summed E-state index contributed by atoms with van der Waals surface area (Å²) in [5.41, 5.74) is 3.12. The molecule has 1 aromatic heterocycles. The van der Waals surface area contributed by atoms with E-state index < -0.39 is 5.97 Å². The zero-order valence-corrected chi connectivity index (χ0v) is 11.1. The zero-order valence-electron chi connectivity index (χ0n) is 11.1. The summed E-state index contributed by atoms with van der Waals surface area (Å²) in [5, 5.41) is 12.2. The van der Waals surface area contributed by atoms with E-state index in [2.05, 4.69) is 5.16 Å². The van der Waals surface area contributed by atoms with Gasteiger partial charge in [0.25, 0.3) is 0 Å². The second-order valence-corrected chi connectivity index (χ2v) is 4.43. The molecule has 5 nitrogen and oxygen atoms in total. The van der Waals surface area contributed by atoms with E-state index in [9.17, 15) is 4.79 Å². The van der Waals surface area contributed by atoms with Gasteiger partial charge < -0.3 is 14.4 Å². The molecule has 0 atom stereocenters. The maximum atomic E-state index is 10.7. The largest absolute Gasteiger partial charge is 0.485 e. The van der Waals surface area contributed by atoms with Crippen LogP contribution >= 0.6 is 0 Å². The standard InChI is InChI=1S/C14H15NO4/c1-8-4-5-9(2)13(10(8)3)18-7-11-6-12(14(16)17)15-19-11/h4-6H,7H2,1-3H3,(H,16,17). The number of carbonyl (C=O) groups is 1. The zero-order chi connectivity index (χ0) is 14.0. The first kappa shape index (κ1) is 13.1. The molecule has 0 saturated carbocycles. The quantitative estimate of drug-likeness (QED) is 0.916. The number of benzene rings is 1. The molecule has 0 saturated heterocycles. The molecule has 0 aliphatic carbocycles. The van der Waals surface area contributed by atoms with Gasteiger partial charge in [-0.15, -0.1) is 0 Å². The van der Waals surface area contributed by atoms with Crippen molar-refractivity contribution < 1.29 is 19.2 Å². The van der Waals surface area contributed by atoms with Gasteiger partial charge in [0.2, 0.25) is 0 Å². The first-order valence-electron chi connectivity index (χ1n) is 5.87. The van der Waals surface area contributed by atoms with E-state index in [1.807, 2.05) is 32.9 Å². The van der Waals surface area contributed by atoms with Crippen molar-refractivity contribution in [2.45, 2.75) is 27.4 Å². The van der Waals surface area contributed by atoms with Crippen LogP contribution in [-0.2, 0) is 6.61 Å². The fraction of sp³-hybridized carbons (Fsp3) is 0.286. The summed E-state index contributed by atoms with van der Waals surface area (Å²) in [6.45, 7) is 6.12. The molecule has 0 aliphatic heterocycles. The molecule has 0 unspecified atom stereocenters. The molecule has 0 amide bonds. The molecule has 0 bridgehead atoms. The summed E-state index contributed by atoms with van der Waals surface area (Å²) in [6.07, 6.45) is 0. The molecule has 2 aromatic rings. The van der Waals surface area contributed by atoms with E-state index >= 15 is 0 Å². The van der Waals surface area contributed by atoms with Gasteiger partial charge in [0.15, 0.2) is 11.5 Å². The summed E-state index contributed by atoms with van der Waals surface area (Å²) < 4.78 is 10.6. The van der Waals surface area contributed by atoms with Crippen molar-refractivity contribution in [3.8, 4) is 5.75 Å². The van der Waals surface area contributed by atoms with Crippen molar-refractivity contribution in [2.75, 3.05) is 0 Å². The van der Waals surface area contributed by atoms with Gasteiger partial charge in [0.1, 0.15) is 12.4 Å². The lowest BCUT2D eigenvalue weighted by Crippen LogP contribution is -1.99. The Morgan fingerprint density at radius 2 is 2.00 bits per heavy atom. The van der Waals surface area contributed by atoms with Crippen molar-refractivity contribution in [3.05, 3.63) is 46.3 Å². The van der Waals surface area contributed by atoms with Gasteiger partial charge in [-0.05, 0) is 37.5 Å².